The van der Waals surface area contributed by atoms with E-state index in [1.165, 1.54) is 57.5 Å². The second kappa shape index (κ2) is 10.4. The van der Waals surface area contributed by atoms with E-state index in [9.17, 15) is 0 Å². The van der Waals surface area contributed by atoms with Crippen molar-refractivity contribution in [3.8, 4) is 0 Å². The molecule has 0 saturated carbocycles. The molecule has 1 atom stereocenters. The van der Waals surface area contributed by atoms with E-state index in [1.807, 2.05) is 0 Å². The maximum atomic E-state index is 4.75. The van der Waals surface area contributed by atoms with Gasteiger partial charge in [0.2, 0.25) is 0 Å². The van der Waals surface area contributed by atoms with Crippen molar-refractivity contribution in [3.63, 3.8) is 0 Å². The number of aliphatic imine (C=N–C) groups is 1. The van der Waals surface area contributed by atoms with Crippen LogP contribution in [0.2, 0.25) is 0 Å². The molecule has 0 radical (unpaired) electrons. The van der Waals surface area contributed by atoms with Gasteiger partial charge in [-0.25, -0.2) is 0 Å². The van der Waals surface area contributed by atoms with Crippen LogP contribution in [0, 0.1) is 5.92 Å². The van der Waals surface area contributed by atoms with Crippen molar-refractivity contribution in [2.75, 3.05) is 45.0 Å². The molecule has 0 aromatic rings. The standard InChI is InChI=1S/C17H34N4S/c1-3-18-17(20-14-16-6-4-13-22-16)19-9-5-10-21-11-7-15(2)8-12-21/h15-16H,3-14H2,1-2H3,(H2,18,19,20). The van der Waals surface area contributed by atoms with E-state index in [0.717, 1.165) is 36.8 Å². The third kappa shape index (κ3) is 6.78. The predicted molar refractivity (Wildman–Crippen MR) is 98.9 cm³/mol. The Hall–Kier alpha value is -0.420. The molecular weight excluding hydrogens is 292 g/mol. The normalized spacial score (nSPS) is 24.6. The summed E-state index contributed by atoms with van der Waals surface area (Å²) in [4.78, 5) is 7.36. The second-order valence-electron chi connectivity index (χ2n) is 6.66. The van der Waals surface area contributed by atoms with Gasteiger partial charge in [0.15, 0.2) is 5.96 Å². The zero-order valence-electron chi connectivity index (χ0n) is 14.4. The minimum Gasteiger partial charge on any atom is -0.357 e. The SMILES string of the molecule is CCNC(=NCC1CCCS1)NCCCN1CCC(C)CC1. The molecule has 0 aliphatic carbocycles. The van der Waals surface area contributed by atoms with Crippen LogP contribution in [0.4, 0.5) is 0 Å². The molecule has 2 saturated heterocycles. The van der Waals surface area contributed by atoms with Gasteiger partial charge in [0.25, 0.3) is 0 Å². The topological polar surface area (TPSA) is 39.7 Å². The first kappa shape index (κ1) is 17.9. The van der Waals surface area contributed by atoms with Gasteiger partial charge in [-0.1, -0.05) is 6.92 Å². The maximum Gasteiger partial charge on any atom is 0.191 e. The molecule has 0 amide bonds. The molecular formula is C17H34N4S. The van der Waals surface area contributed by atoms with Crippen LogP contribution in [-0.2, 0) is 0 Å². The molecule has 0 bridgehead atoms. The van der Waals surface area contributed by atoms with E-state index in [2.05, 4.69) is 41.1 Å². The molecule has 128 valence electrons. The minimum atomic E-state index is 0.741. The summed E-state index contributed by atoms with van der Waals surface area (Å²) >= 11 is 2.08. The van der Waals surface area contributed by atoms with Gasteiger partial charge in [0, 0.05) is 18.3 Å². The fourth-order valence-electron chi connectivity index (χ4n) is 3.12. The lowest BCUT2D eigenvalue weighted by atomic mass is 9.99. The van der Waals surface area contributed by atoms with Gasteiger partial charge in [-0.3, -0.25) is 4.99 Å². The quantitative estimate of drug-likeness (QED) is 0.428. The third-order valence-corrected chi connectivity index (χ3v) is 6.02. The van der Waals surface area contributed by atoms with E-state index in [0.29, 0.717) is 0 Å². The van der Waals surface area contributed by atoms with E-state index >= 15 is 0 Å². The van der Waals surface area contributed by atoms with Crippen molar-refractivity contribution in [2.45, 2.75) is 51.2 Å². The molecule has 0 aromatic heterocycles. The van der Waals surface area contributed by atoms with Crippen LogP contribution >= 0.6 is 11.8 Å². The van der Waals surface area contributed by atoms with Crippen LogP contribution in [0.1, 0.15) is 46.0 Å². The first-order valence-corrected chi connectivity index (χ1v) is 10.2. The summed E-state index contributed by atoms with van der Waals surface area (Å²) in [5.74, 6) is 3.25. The number of guanidine groups is 1. The Labute approximate surface area is 140 Å². The monoisotopic (exact) mass is 326 g/mol. The van der Waals surface area contributed by atoms with Crippen LogP contribution in [0.5, 0.6) is 0 Å². The molecule has 1 unspecified atom stereocenters. The average molecular weight is 327 g/mol. The average Bonchev–Trinajstić information content (AvgIpc) is 3.04. The van der Waals surface area contributed by atoms with Gasteiger partial charge in [0.1, 0.15) is 0 Å². The molecule has 5 heteroatoms. The molecule has 2 rings (SSSR count). The van der Waals surface area contributed by atoms with Crippen molar-refractivity contribution in [3.05, 3.63) is 0 Å². The fourth-order valence-corrected chi connectivity index (χ4v) is 4.30. The second-order valence-corrected chi connectivity index (χ2v) is 8.07. The zero-order chi connectivity index (χ0) is 15.6. The number of nitrogens with one attached hydrogen (secondary N) is 2. The van der Waals surface area contributed by atoms with Crippen LogP contribution in [0.25, 0.3) is 0 Å². The summed E-state index contributed by atoms with van der Waals surface area (Å²) in [5.41, 5.74) is 0. The van der Waals surface area contributed by atoms with E-state index in [-0.39, 0.29) is 0 Å². The lowest BCUT2D eigenvalue weighted by Crippen LogP contribution is -2.40. The molecule has 2 aliphatic heterocycles. The fraction of sp³-hybridized carbons (Fsp3) is 0.941. The van der Waals surface area contributed by atoms with Gasteiger partial charge < -0.3 is 15.5 Å². The first-order chi connectivity index (χ1) is 10.8. The van der Waals surface area contributed by atoms with Crippen molar-refractivity contribution in [1.29, 1.82) is 0 Å². The zero-order valence-corrected chi connectivity index (χ0v) is 15.3. The van der Waals surface area contributed by atoms with Crippen molar-refractivity contribution in [2.24, 2.45) is 10.9 Å². The van der Waals surface area contributed by atoms with E-state index in [4.69, 9.17) is 4.99 Å². The van der Waals surface area contributed by atoms with Gasteiger partial charge in [-0.15, -0.1) is 0 Å². The van der Waals surface area contributed by atoms with Crippen LogP contribution < -0.4 is 10.6 Å². The Balaban J connectivity index is 1.60. The van der Waals surface area contributed by atoms with Crippen LogP contribution in [0.15, 0.2) is 4.99 Å². The molecule has 2 heterocycles. The summed E-state index contributed by atoms with van der Waals surface area (Å²) in [6.45, 7) is 11.2. The molecule has 0 spiro atoms. The molecule has 2 N–H and O–H groups in total. The molecule has 22 heavy (non-hydrogen) atoms. The lowest BCUT2D eigenvalue weighted by molar-refractivity contribution is 0.191. The van der Waals surface area contributed by atoms with E-state index in [1.54, 1.807) is 0 Å². The third-order valence-electron chi connectivity index (χ3n) is 4.64. The summed E-state index contributed by atoms with van der Waals surface area (Å²) < 4.78 is 0. The Morgan fingerprint density at radius 2 is 2.05 bits per heavy atom. The van der Waals surface area contributed by atoms with E-state index < -0.39 is 0 Å². The number of hydrogen-bond donors (Lipinski definition) is 2. The number of rotatable bonds is 7. The van der Waals surface area contributed by atoms with Crippen molar-refractivity contribution >= 4 is 17.7 Å². The summed E-state index contributed by atoms with van der Waals surface area (Å²) in [6, 6.07) is 0. The van der Waals surface area contributed by atoms with Gasteiger partial charge in [-0.05, 0) is 70.3 Å². The summed E-state index contributed by atoms with van der Waals surface area (Å²) in [6.07, 6.45) is 6.65. The van der Waals surface area contributed by atoms with Gasteiger partial charge >= 0.3 is 0 Å². The highest BCUT2D eigenvalue weighted by molar-refractivity contribution is 8.00. The Morgan fingerprint density at radius 1 is 1.23 bits per heavy atom. The number of hydrogen-bond acceptors (Lipinski definition) is 3. The highest BCUT2D eigenvalue weighted by Gasteiger charge is 2.16. The molecule has 2 fully saturated rings. The Bertz CT molecular complexity index is 321. The number of likely N-dealkylation sites (tertiary alicyclic amines) is 1. The molecule has 4 nitrogen and oxygen atoms in total. The Kier molecular flexibility index (Phi) is 8.45. The highest BCUT2D eigenvalue weighted by atomic mass is 32.2. The smallest absolute Gasteiger partial charge is 0.191 e. The van der Waals surface area contributed by atoms with Crippen LogP contribution in [-0.4, -0.2) is 61.1 Å². The molecule has 2 aliphatic rings. The highest BCUT2D eigenvalue weighted by Crippen LogP contribution is 2.25. The van der Waals surface area contributed by atoms with Crippen molar-refractivity contribution in [1.82, 2.24) is 15.5 Å². The number of piperidine rings is 1. The van der Waals surface area contributed by atoms with Gasteiger partial charge in [-0.2, -0.15) is 11.8 Å². The predicted octanol–water partition coefficient (Wildman–Crippen LogP) is 2.56. The summed E-state index contributed by atoms with van der Waals surface area (Å²) in [7, 11) is 0. The van der Waals surface area contributed by atoms with Crippen LogP contribution in [0.3, 0.4) is 0 Å². The minimum absolute atomic E-state index is 0.741. The largest absolute Gasteiger partial charge is 0.357 e. The Morgan fingerprint density at radius 3 is 2.73 bits per heavy atom. The maximum absolute atomic E-state index is 4.75. The summed E-state index contributed by atoms with van der Waals surface area (Å²) in [5, 5.41) is 7.60. The van der Waals surface area contributed by atoms with Gasteiger partial charge in [0.05, 0.1) is 6.54 Å². The van der Waals surface area contributed by atoms with Crippen molar-refractivity contribution < 1.29 is 0 Å². The number of nitrogens with zero attached hydrogens (tertiary/aromatic N) is 2. The number of thioether (sulfide) groups is 1. The molecule has 0 aromatic carbocycles. The first-order valence-electron chi connectivity index (χ1n) is 9.14. The lowest BCUT2D eigenvalue weighted by Gasteiger charge is -2.30.